The largest absolute Gasteiger partial charge is 0.478 e. The van der Waals surface area contributed by atoms with E-state index in [0.29, 0.717) is 12.0 Å². The zero-order chi connectivity index (χ0) is 14.9. The standard InChI is InChI=1S/C15H16FNO2S/c1-15(2,3)12-8-20-13(17-12)7-9-6-10(16)4-5-11(9)14(18)19/h4-6,8H,7H2,1-3H3,(H,18,19). The third-order valence-corrected chi connectivity index (χ3v) is 3.81. The maximum absolute atomic E-state index is 13.3. The second-order valence-corrected chi connectivity index (χ2v) is 6.60. The molecular weight excluding hydrogens is 277 g/mol. The molecule has 1 heterocycles. The van der Waals surface area contributed by atoms with Crippen LogP contribution in [0.1, 0.15) is 47.4 Å². The van der Waals surface area contributed by atoms with Gasteiger partial charge in [0.2, 0.25) is 0 Å². The Labute approximate surface area is 121 Å². The number of rotatable bonds is 3. The molecule has 1 aromatic carbocycles. The van der Waals surface area contributed by atoms with Crippen molar-refractivity contribution in [3.63, 3.8) is 0 Å². The average Bonchev–Trinajstić information content (AvgIpc) is 2.76. The number of carboxylic acid groups (broad SMARTS) is 1. The lowest BCUT2D eigenvalue weighted by Gasteiger charge is -2.14. The molecule has 3 nitrogen and oxygen atoms in total. The highest BCUT2D eigenvalue weighted by molar-refractivity contribution is 7.09. The Morgan fingerprint density at radius 3 is 2.65 bits per heavy atom. The number of nitrogens with zero attached hydrogens (tertiary/aromatic N) is 1. The van der Waals surface area contributed by atoms with Crippen LogP contribution >= 0.6 is 11.3 Å². The van der Waals surface area contributed by atoms with Gasteiger partial charge in [-0.2, -0.15) is 0 Å². The number of carbonyl (C=O) groups is 1. The van der Waals surface area contributed by atoms with Crippen LogP contribution in [0, 0.1) is 5.82 Å². The molecule has 0 amide bonds. The van der Waals surface area contributed by atoms with Crippen LogP contribution in [0.5, 0.6) is 0 Å². The summed E-state index contributed by atoms with van der Waals surface area (Å²) < 4.78 is 13.3. The molecular formula is C15H16FNO2S. The predicted molar refractivity (Wildman–Crippen MR) is 77.0 cm³/mol. The van der Waals surface area contributed by atoms with E-state index in [1.807, 2.05) is 5.38 Å². The summed E-state index contributed by atoms with van der Waals surface area (Å²) in [5.41, 5.74) is 1.49. The monoisotopic (exact) mass is 293 g/mol. The fourth-order valence-corrected chi connectivity index (χ4v) is 2.86. The number of hydrogen-bond acceptors (Lipinski definition) is 3. The highest BCUT2D eigenvalue weighted by atomic mass is 32.1. The Morgan fingerprint density at radius 1 is 1.40 bits per heavy atom. The predicted octanol–water partition coefficient (Wildman–Crippen LogP) is 3.87. The quantitative estimate of drug-likeness (QED) is 0.934. The fourth-order valence-electron chi connectivity index (χ4n) is 1.82. The van der Waals surface area contributed by atoms with Gasteiger partial charge in [0.15, 0.2) is 0 Å². The number of hydrogen-bond donors (Lipinski definition) is 1. The molecule has 0 saturated carbocycles. The summed E-state index contributed by atoms with van der Waals surface area (Å²) in [6, 6.07) is 3.72. The van der Waals surface area contributed by atoms with Crippen LogP contribution in [0.2, 0.25) is 0 Å². The first kappa shape index (κ1) is 14.7. The van der Waals surface area contributed by atoms with Gasteiger partial charge in [-0.25, -0.2) is 14.2 Å². The second-order valence-electron chi connectivity index (χ2n) is 5.66. The van der Waals surface area contributed by atoms with Gasteiger partial charge in [0.05, 0.1) is 16.3 Å². The molecule has 20 heavy (non-hydrogen) atoms. The zero-order valence-electron chi connectivity index (χ0n) is 11.6. The Morgan fingerprint density at radius 2 is 2.10 bits per heavy atom. The molecule has 1 N–H and O–H groups in total. The van der Waals surface area contributed by atoms with Gasteiger partial charge in [0.1, 0.15) is 5.82 Å². The average molecular weight is 293 g/mol. The Balaban J connectivity index is 2.32. The van der Waals surface area contributed by atoms with Gasteiger partial charge < -0.3 is 5.11 Å². The molecule has 1 aromatic heterocycles. The molecule has 0 aliphatic heterocycles. The lowest BCUT2D eigenvalue weighted by molar-refractivity contribution is 0.0696. The summed E-state index contributed by atoms with van der Waals surface area (Å²) >= 11 is 1.47. The van der Waals surface area contributed by atoms with Gasteiger partial charge in [-0.15, -0.1) is 11.3 Å². The summed E-state index contributed by atoms with van der Waals surface area (Å²) in [6.07, 6.45) is 0.333. The van der Waals surface area contributed by atoms with Crippen molar-refractivity contribution >= 4 is 17.3 Å². The number of thiazole rings is 1. The van der Waals surface area contributed by atoms with E-state index in [1.54, 1.807) is 0 Å². The summed E-state index contributed by atoms with van der Waals surface area (Å²) in [5, 5.41) is 11.9. The molecule has 0 radical (unpaired) electrons. The van der Waals surface area contributed by atoms with Crippen molar-refractivity contribution in [3.8, 4) is 0 Å². The van der Waals surface area contributed by atoms with Crippen LogP contribution in [0.25, 0.3) is 0 Å². The summed E-state index contributed by atoms with van der Waals surface area (Å²) in [4.78, 5) is 15.7. The molecule has 5 heteroatoms. The van der Waals surface area contributed by atoms with Crippen molar-refractivity contribution in [1.82, 2.24) is 4.98 Å². The van der Waals surface area contributed by atoms with Crippen molar-refractivity contribution in [2.75, 3.05) is 0 Å². The number of halogens is 1. The van der Waals surface area contributed by atoms with E-state index < -0.39 is 11.8 Å². The topological polar surface area (TPSA) is 50.2 Å². The third kappa shape index (κ3) is 3.22. The van der Waals surface area contributed by atoms with Crippen molar-refractivity contribution in [3.05, 3.63) is 51.2 Å². The van der Waals surface area contributed by atoms with Crippen molar-refractivity contribution < 1.29 is 14.3 Å². The molecule has 106 valence electrons. The maximum Gasteiger partial charge on any atom is 0.335 e. The minimum Gasteiger partial charge on any atom is -0.478 e. The molecule has 0 fully saturated rings. The van der Waals surface area contributed by atoms with Crippen molar-refractivity contribution in [1.29, 1.82) is 0 Å². The van der Waals surface area contributed by atoms with Crippen LogP contribution in [-0.2, 0) is 11.8 Å². The molecule has 0 saturated heterocycles. The number of aromatic carboxylic acids is 1. The number of benzene rings is 1. The molecule has 0 atom stereocenters. The van der Waals surface area contributed by atoms with Gasteiger partial charge in [-0.05, 0) is 23.8 Å². The van der Waals surface area contributed by atoms with E-state index in [4.69, 9.17) is 5.11 Å². The van der Waals surface area contributed by atoms with E-state index >= 15 is 0 Å². The summed E-state index contributed by atoms with van der Waals surface area (Å²) in [5.74, 6) is -1.48. The Hall–Kier alpha value is -1.75. The van der Waals surface area contributed by atoms with Crippen LogP contribution < -0.4 is 0 Å². The molecule has 0 bridgehead atoms. The van der Waals surface area contributed by atoms with E-state index in [-0.39, 0.29) is 11.0 Å². The van der Waals surface area contributed by atoms with E-state index in [9.17, 15) is 9.18 Å². The first-order valence-electron chi connectivity index (χ1n) is 6.24. The lowest BCUT2D eigenvalue weighted by Crippen LogP contribution is -2.11. The zero-order valence-corrected chi connectivity index (χ0v) is 12.4. The van der Waals surface area contributed by atoms with Crippen LogP contribution in [0.4, 0.5) is 4.39 Å². The minimum atomic E-state index is -1.05. The van der Waals surface area contributed by atoms with Crippen LogP contribution in [0.15, 0.2) is 23.6 Å². The third-order valence-electron chi connectivity index (χ3n) is 2.96. The maximum atomic E-state index is 13.3. The van der Waals surface area contributed by atoms with E-state index in [2.05, 4.69) is 25.8 Å². The van der Waals surface area contributed by atoms with Crippen LogP contribution in [0.3, 0.4) is 0 Å². The summed E-state index contributed by atoms with van der Waals surface area (Å²) in [6.45, 7) is 6.20. The molecule has 2 rings (SSSR count). The van der Waals surface area contributed by atoms with Crippen LogP contribution in [-0.4, -0.2) is 16.1 Å². The first-order valence-corrected chi connectivity index (χ1v) is 7.12. The SMILES string of the molecule is CC(C)(C)c1csc(Cc2cc(F)ccc2C(=O)O)n1. The fraction of sp³-hybridized carbons (Fsp3) is 0.333. The minimum absolute atomic E-state index is 0.0493. The lowest BCUT2D eigenvalue weighted by atomic mass is 9.93. The Bertz CT molecular complexity index is 644. The van der Waals surface area contributed by atoms with E-state index in [0.717, 1.165) is 16.8 Å². The molecule has 2 aromatic rings. The highest BCUT2D eigenvalue weighted by Gasteiger charge is 2.18. The normalized spacial score (nSPS) is 11.6. The molecule has 0 spiro atoms. The van der Waals surface area contributed by atoms with E-state index in [1.165, 1.54) is 23.5 Å². The molecule has 0 aliphatic carbocycles. The molecule has 0 aliphatic rings. The smallest absolute Gasteiger partial charge is 0.335 e. The van der Waals surface area contributed by atoms with Crippen molar-refractivity contribution in [2.45, 2.75) is 32.6 Å². The van der Waals surface area contributed by atoms with Gasteiger partial charge in [-0.1, -0.05) is 20.8 Å². The van der Waals surface area contributed by atoms with Gasteiger partial charge in [-0.3, -0.25) is 0 Å². The highest BCUT2D eigenvalue weighted by Crippen LogP contribution is 2.26. The molecule has 0 unspecified atom stereocenters. The first-order chi connectivity index (χ1) is 9.27. The number of carboxylic acids is 1. The van der Waals surface area contributed by atoms with Gasteiger partial charge >= 0.3 is 5.97 Å². The Kier molecular flexibility index (Phi) is 3.90. The summed E-state index contributed by atoms with van der Waals surface area (Å²) in [7, 11) is 0. The number of aromatic nitrogens is 1. The van der Waals surface area contributed by atoms with Crippen molar-refractivity contribution in [2.24, 2.45) is 0 Å². The second kappa shape index (κ2) is 5.32. The van der Waals surface area contributed by atoms with Gasteiger partial charge in [0.25, 0.3) is 0 Å². The van der Waals surface area contributed by atoms with Gasteiger partial charge in [0, 0.05) is 17.2 Å².